The number of ketones is 3. The van der Waals surface area contributed by atoms with E-state index in [1.807, 2.05) is 9.80 Å². The summed E-state index contributed by atoms with van der Waals surface area (Å²) in [5.41, 5.74) is -5.45. The summed E-state index contributed by atoms with van der Waals surface area (Å²) in [6.45, 7) is 12.0. The fourth-order valence-electron chi connectivity index (χ4n) is 12.8. The number of Topliss-reactive ketones (excluding diaryl/α,β-unsaturated/α-hetero) is 3. The number of likely N-dealkylation sites (tertiary alicyclic amines) is 2. The fraction of sp³-hybridized carbons (Fsp3) is 0.509. The first-order chi connectivity index (χ1) is 32.2. The molecule has 4 heterocycles. The lowest BCUT2D eigenvalue weighted by Gasteiger charge is -2.66. The maximum atomic E-state index is 17.6. The lowest BCUT2D eigenvalue weighted by atomic mass is 9.53. The van der Waals surface area contributed by atoms with Gasteiger partial charge < -0.3 is 31.1 Å². The van der Waals surface area contributed by atoms with Gasteiger partial charge in [-0.05, 0) is 164 Å². The molecule has 4 aliphatic rings. The van der Waals surface area contributed by atoms with E-state index < -0.39 is 63.4 Å². The SMILES string of the molecule is Cc1c(F)cccc1[C@@H]1C[C@](C(=O)[C@]2(C(C)(C)O)C[C@@H](c3cccc(F)c3C)[C@@H](C(=O)c3cccc(O)c3)CN2C2CCCNC2)(C(C)(C)O)N(C2CCCNC2)C[C@@H]1C(=O)c1cccc(O)c1. The molecule has 4 fully saturated rings. The Bertz CT molecular complexity index is 2360. The van der Waals surface area contributed by atoms with Crippen LogP contribution < -0.4 is 10.6 Å². The van der Waals surface area contributed by atoms with Gasteiger partial charge in [0.1, 0.15) is 34.2 Å². The molecule has 0 spiro atoms. The van der Waals surface area contributed by atoms with Gasteiger partial charge in [0.05, 0.1) is 11.2 Å². The van der Waals surface area contributed by atoms with Crippen molar-refractivity contribution in [3.63, 3.8) is 0 Å². The summed E-state index contributed by atoms with van der Waals surface area (Å²) in [5.74, 6) is -5.72. The van der Waals surface area contributed by atoms with Crippen molar-refractivity contribution in [3.8, 4) is 11.5 Å². The van der Waals surface area contributed by atoms with Gasteiger partial charge in [-0.1, -0.05) is 48.5 Å². The average Bonchev–Trinajstić information content (AvgIpc) is 3.31. The first-order valence-corrected chi connectivity index (χ1v) is 24.3. The van der Waals surface area contributed by atoms with E-state index in [-0.39, 0.29) is 72.2 Å². The largest absolute Gasteiger partial charge is 0.508 e. The second-order valence-corrected chi connectivity index (χ2v) is 21.0. The summed E-state index contributed by atoms with van der Waals surface area (Å²) in [5, 5.41) is 54.8. The van der Waals surface area contributed by atoms with Crippen molar-refractivity contribution in [1.29, 1.82) is 0 Å². The highest BCUT2D eigenvalue weighted by Gasteiger charge is 2.71. The van der Waals surface area contributed by atoms with Crippen LogP contribution in [-0.2, 0) is 4.79 Å². The van der Waals surface area contributed by atoms with E-state index in [0.29, 0.717) is 48.2 Å². The molecule has 364 valence electrons. The van der Waals surface area contributed by atoms with Gasteiger partial charge in [-0.15, -0.1) is 0 Å². The highest BCUT2D eigenvalue weighted by atomic mass is 19.1. The van der Waals surface area contributed by atoms with Crippen LogP contribution in [0.25, 0.3) is 0 Å². The number of halogens is 2. The standard InChI is InChI=1S/C55H68F2N4O7/c1-33-41(19-9-21-47(33)56)43-27-54(52(3,4)67,60(37-15-11-23-58-29-37)31-45(43)49(64)35-13-7-17-39(62)25-35)51(66)55(53(5,6)68)28-44(42-20-10-22-48(57)34(42)2)46(32-61(55)38-16-12-24-59-30-38)50(65)36-14-8-18-40(63)26-36/h7-10,13-14,17-22,25-26,37-38,43-46,58-59,62-63,67-68H,11-12,15-16,23-24,27-32H2,1-6H3/t37?,38?,43-,44-,45-,46-,54-,55-/m0/s1. The molecule has 0 aromatic heterocycles. The molecule has 8 rings (SSSR count). The van der Waals surface area contributed by atoms with Crippen molar-refractivity contribution in [2.24, 2.45) is 11.8 Å². The van der Waals surface area contributed by atoms with Crippen molar-refractivity contribution in [2.75, 3.05) is 39.3 Å². The molecule has 11 nitrogen and oxygen atoms in total. The Hall–Kier alpha value is -4.89. The predicted octanol–water partition coefficient (Wildman–Crippen LogP) is 7.36. The zero-order valence-electron chi connectivity index (χ0n) is 40.2. The molecule has 6 N–H and O–H groups in total. The molecule has 0 aliphatic carbocycles. The maximum absolute atomic E-state index is 17.6. The average molecular weight is 935 g/mol. The number of aromatic hydroxyl groups is 2. The quantitative estimate of drug-likeness (QED) is 0.0788. The van der Waals surface area contributed by atoms with Crippen molar-refractivity contribution < 1.29 is 43.6 Å². The lowest BCUT2D eigenvalue weighted by Crippen LogP contribution is -2.83. The molecule has 4 saturated heterocycles. The number of phenols is 2. The summed E-state index contributed by atoms with van der Waals surface area (Å²) in [7, 11) is 0. The van der Waals surface area contributed by atoms with E-state index >= 15 is 23.2 Å². The third-order valence-electron chi connectivity index (χ3n) is 16.3. The molecule has 4 aromatic rings. The minimum Gasteiger partial charge on any atom is -0.508 e. The van der Waals surface area contributed by atoms with Crippen molar-refractivity contribution in [2.45, 2.75) is 126 Å². The zero-order chi connectivity index (χ0) is 48.9. The van der Waals surface area contributed by atoms with Crippen LogP contribution in [0.3, 0.4) is 0 Å². The predicted molar refractivity (Wildman–Crippen MR) is 257 cm³/mol. The number of piperidine rings is 4. The van der Waals surface area contributed by atoms with Crippen LogP contribution in [0.1, 0.15) is 121 Å². The van der Waals surface area contributed by atoms with Gasteiger partial charge in [-0.25, -0.2) is 8.78 Å². The molecular weight excluding hydrogens is 867 g/mol. The number of phenolic OH excluding ortho intramolecular Hbond substituents is 2. The van der Waals surface area contributed by atoms with Crippen molar-refractivity contribution in [1.82, 2.24) is 20.4 Å². The Labute approximate surface area is 399 Å². The van der Waals surface area contributed by atoms with Crippen LogP contribution in [0.15, 0.2) is 84.9 Å². The van der Waals surface area contributed by atoms with Crippen molar-refractivity contribution in [3.05, 3.63) is 130 Å². The highest BCUT2D eigenvalue weighted by molar-refractivity contribution is 6.03. The van der Waals surface area contributed by atoms with E-state index in [9.17, 15) is 20.4 Å². The number of benzene rings is 4. The molecule has 8 atom stereocenters. The number of aliphatic hydroxyl groups is 2. The van der Waals surface area contributed by atoms with E-state index in [1.54, 1.807) is 90.1 Å². The minimum atomic E-state index is -1.90. The summed E-state index contributed by atoms with van der Waals surface area (Å²) in [6.07, 6.45) is 2.40. The van der Waals surface area contributed by atoms with Gasteiger partial charge in [0, 0.05) is 61.2 Å². The number of carbonyl (C=O) groups is 3. The molecule has 2 unspecified atom stereocenters. The summed E-state index contributed by atoms with van der Waals surface area (Å²) in [4.78, 5) is 51.9. The normalized spacial score (nSPS) is 28.8. The van der Waals surface area contributed by atoms with Gasteiger partial charge in [0.15, 0.2) is 17.3 Å². The van der Waals surface area contributed by atoms with Gasteiger partial charge in [0.2, 0.25) is 0 Å². The molecule has 0 bridgehead atoms. The van der Waals surface area contributed by atoms with Crippen LogP contribution in [0.5, 0.6) is 11.5 Å². The third-order valence-corrected chi connectivity index (χ3v) is 16.3. The second-order valence-electron chi connectivity index (χ2n) is 21.0. The number of hydrogen-bond acceptors (Lipinski definition) is 11. The van der Waals surface area contributed by atoms with Crippen LogP contribution in [0.2, 0.25) is 0 Å². The van der Waals surface area contributed by atoms with Crippen LogP contribution in [0.4, 0.5) is 8.78 Å². The topological polar surface area (TPSA) is 163 Å². The first kappa shape index (κ1) is 49.5. The smallest absolute Gasteiger partial charge is 0.179 e. The fourth-order valence-corrected chi connectivity index (χ4v) is 12.8. The number of carbonyl (C=O) groups excluding carboxylic acids is 3. The summed E-state index contributed by atoms with van der Waals surface area (Å²) >= 11 is 0. The van der Waals surface area contributed by atoms with Crippen LogP contribution in [0, 0.1) is 37.3 Å². The summed E-state index contributed by atoms with van der Waals surface area (Å²) < 4.78 is 31.8. The van der Waals surface area contributed by atoms with E-state index in [4.69, 9.17) is 0 Å². The second kappa shape index (κ2) is 19.1. The Morgan fingerprint density at radius 2 is 1.00 bits per heavy atom. The Kier molecular flexibility index (Phi) is 13.9. The van der Waals surface area contributed by atoms with Crippen LogP contribution >= 0.6 is 0 Å². The number of nitrogens with zero attached hydrogens (tertiary/aromatic N) is 2. The Morgan fingerprint density at radius 1 is 0.618 bits per heavy atom. The molecule has 4 aromatic carbocycles. The molecule has 0 saturated carbocycles. The maximum Gasteiger partial charge on any atom is 0.179 e. The summed E-state index contributed by atoms with van der Waals surface area (Å²) in [6, 6.07) is 20.9. The number of hydrogen-bond donors (Lipinski definition) is 6. The van der Waals surface area contributed by atoms with E-state index in [0.717, 1.165) is 25.9 Å². The van der Waals surface area contributed by atoms with Crippen molar-refractivity contribution >= 4 is 17.3 Å². The third kappa shape index (κ3) is 8.72. The Morgan fingerprint density at radius 3 is 1.34 bits per heavy atom. The first-order valence-electron chi connectivity index (χ1n) is 24.3. The monoisotopic (exact) mass is 935 g/mol. The van der Waals surface area contributed by atoms with E-state index in [2.05, 4.69) is 10.6 Å². The number of nitrogens with one attached hydrogen (secondary N) is 2. The van der Waals surface area contributed by atoms with Gasteiger partial charge in [-0.3, -0.25) is 24.2 Å². The van der Waals surface area contributed by atoms with Crippen LogP contribution in [-0.4, -0.2) is 121 Å². The van der Waals surface area contributed by atoms with Gasteiger partial charge >= 0.3 is 0 Å². The number of rotatable bonds is 12. The van der Waals surface area contributed by atoms with Gasteiger partial charge in [0.25, 0.3) is 0 Å². The Balaban J connectivity index is 1.41. The minimum absolute atomic E-state index is 0.0326. The molecule has 0 radical (unpaired) electrons. The van der Waals surface area contributed by atoms with Gasteiger partial charge in [-0.2, -0.15) is 0 Å². The lowest BCUT2D eigenvalue weighted by molar-refractivity contribution is -0.203. The molecule has 4 aliphatic heterocycles. The molecular formula is C55H68F2N4O7. The molecule has 13 heteroatoms. The molecule has 68 heavy (non-hydrogen) atoms. The molecule has 0 amide bonds. The van der Waals surface area contributed by atoms with E-state index in [1.165, 1.54) is 36.4 Å². The zero-order valence-corrected chi connectivity index (χ0v) is 40.2. The highest BCUT2D eigenvalue weighted by Crippen LogP contribution is 2.57.